The van der Waals surface area contributed by atoms with Gasteiger partial charge in [-0.15, -0.1) is 0 Å². The fourth-order valence-corrected chi connectivity index (χ4v) is 2.83. The largest absolute Gasteiger partial charge is 0.445 e. The van der Waals surface area contributed by atoms with Crippen molar-refractivity contribution >= 4 is 11.8 Å². The molecule has 0 spiro atoms. The third-order valence-corrected chi connectivity index (χ3v) is 4.31. The van der Waals surface area contributed by atoms with Gasteiger partial charge >= 0.3 is 0 Å². The lowest BCUT2D eigenvalue weighted by Crippen LogP contribution is -2.67. The fraction of sp³-hybridized carbons (Fsp3) is 0.412. The molecule has 0 unspecified atom stereocenters. The van der Waals surface area contributed by atoms with E-state index in [0.717, 1.165) is 0 Å². The number of amides is 2. The molecule has 2 N–H and O–H groups in total. The third-order valence-electron chi connectivity index (χ3n) is 4.31. The number of hydrogen-bond donors (Lipinski definition) is 2. The maximum absolute atomic E-state index is 12.3. The Labute approximate surface area is 149 Å². The Bertz CT molecular complexity index is 923. The van der Waals surface area contributed by atoms with Crippen molar-refractivity contribution in [2.75, 3.05) is 19.6 Å². The number of likely N-dealkylation sites (tertiary alicyclic amines) is 1. The predicted octanol–water partition coefficient (Wildman–Crippen LogP) is -0.393. The molecule has 1 saturated heterocycles. The monoisotopic (exact) mass is 360 g/mol. The van der Waals surface area contributed by atoms with Gasteiger partial charge in [0, 0.05) is 31.8 Å². The first-order valence-electron chi connectivity index (χ1n) is 8.09. The summed E-state index contributed by atoms with van der Waals surface area (Å²) in [6.07, 6.45) is 1.50. The van der Waals surface area contributed by atoms with Gasteiger partial charge in [0.1, 0.15) is 11.4 Å². The van der Waals surface area contributed by atoms with Crippen LogP contribution < -0.4 is 10.9 Å². The second-order valence-corrected chi connectivity index (χ2v) is 6.57. The van der Waals surface area contributed by atoms with Gasteiger partial charge in [0.2, 0.25) is 0 Å². The Balaban J connectivity index is 1.56. The van der Waals surface area contributed by atoms with E-state index < -0.39 is 11.5 Å². The van der Waals surface area contributed by atoms with E-state index in [-0.39, 0.29) is 42.4 Å². The number of oxazole rings is 1. The summed E-state index contributed by atoms with van der Waals surface area (Å²) < 4.78 is 6.60. The standard InChI is InChI=1S/C17H20N4O5/c1-10-14(19-11(2)26-10)16(24)21-8-17(25,9-21)7-18-15(23)12-4-5-20(3)13(22)6-12/h4-6,25H,7-9H2,1-3H3,(H,18,23). The fourth-order valence-electron chi connectivity index (χ4n) is 2.83. The Morgan fingerprint density at radius 3 is 2.65 bits per heavy atom. The van der Waals surface area contributed by atoms with Crippen LogP contribution in [-0.4, -0.2) is 56.6 Å². The Morgan fingerprint density at radius 1 is 1.38 bits per heavy atom. The van der Waals surface area contributed by atoms with Gasteiger partial charge in [-0.3, -0.25) is 14.4 Å². The normalized spacial score (nSPS) is 15.5. The van der Waals surface area contributed by atoms with Crippen LogP contribution in [0.5, 0.6) is 0 Å². The van der Waals surface area contributed by atoms with Gasteiger partial charge in [-0.25, -0.2) is 4.98 Å². The average Bonchev–Trinajstić information content (AvgIpc) is 2.90. The van der Waals surface area contributed by atoms with Gasteiger partial charge in [0.05, 0.1) is 19.6 Å². The van der Waals surface area contributed by atoms with Crippen LogP contribution in [0.4, 0.5) is 0 Å². The number of aryl methyl sites for hydroxylation is 3. The summed E-state index contributed by atoms with van der Waals surface area (Å²) >= 11 is 0. The first-order chi connectivity index (χ1) is 12.2. The molecule has 26 heavy (non-hydrogen) atoms. The van der Waals surface area contributed by atoms with Crippen molar-refractivity contribution in [1.29, 1.82) is 0 Å². The van der Waals surface area contributed by atoms with Gasteiger partial charge < -0.3 is 24.3 Å². The molecule has 2 aromatic rings. The molecule has 138 valence electrons. The van der Waals surface area contributed by atoms with Crippen molar-refractivity contribution in [3.05, 3.63) is 51.6 Å². The zero-order valence-electron chi connectivity index (χ0n) is 14.8. The number of hydrogen-bond acceptors (Lipinski definition) is 6. The van der Waals surface area contributed by atoms with E-state index in [0.29, 0.717) is 11.7 Å². The molecular weight excluding hydrogens is 340 g/mol. The van der Waals surface area contributed by atoms with Crippen LogP contribution in [-0.2, 0) is 7.05 Å². The van der Waals surface area contributed by atoms with E-state index in [1.165, 1.54) is 27.8 Å². The molecule has 0 bridgehead atoms. The number of aliphatic hydroxyl groups is 1. The number of rotatable bonds is 4. The molecule has 1 fully saturated rings. The van der Waals surface area contributed by atoms with Crippen LogP contribution in [0.2, 0.25) is 0 Å². The topological polar surface area (TPSA) is 118 Å². The lowest BCUT2D eigenvalue weighted by Gasteiger charge is -2.46. The van der Waals surface area contributed by atoms with Gasteiger partial charge in [0.25, 0.3) is 17.4 Å². The molecule has 0 atom stereocenters. The minimum Gasteiger partial charge on any atom is -0.445 e. The Hall–Kier alpha value is -2.94. The first kappa shape index (κ1) is 17.9. The highest BCUT2D eigenvalue weighted by molar-refractivity contribution is 5.95. The average molecular weight is 360 g/mol. The van der Waals surface area contributed by atoms with Gasteiger partial charge in [-0.2, -0.15) is 0 Å². The molecule has 9 nitrogen and oxygen atoms in total. The zero-order chi connectivity index (χ0) is 19.1. The molecule has 0 radical (unpaired) electrons. The SMILES string of the molecule is Cc1nc(C(=O)N2CC(O)(CNC(=O)c3ccn(C)c(=O)c3)C2)c(C)o1. The summed E-state index contributed by atoms with van der Waals surface area (Å²) in [5.74, 6) is 0.0654. The smallest absolute Gasteiger partial charge is 0.276 e. The molecule has 3 rings (SSSR count). The zero-order valence-corrected chi connectivity index (χ0v) is 14.8. The van der Waals surface area contributed by atoms with Crippen molar-refractivity contribution in [3.8, 4) is 0 Å². The maximum atomic E-state index is 12.3. The summed E-state index contributed by atoms with van der Waals surface area (Å²) in [5.41, 5.74) is -1.06. The number of aromatic nitrogens is 2. The van der Waals surface area contributed by atoms with Crippen molar-refractivity contribution in [1.82, 2.24) is 19.8 Å². The van der Waals surface area contributed by atoms with Gasteiger partial charge in [0.15, 0.2) is 11.6 Å². The van der Waals surface area contributed by atoms with E-state index >= 15 is 0 Å². The molecule has 0 saturated carbocycles. The molecule has 1 aliphatic rings. The molecular formula is C17H20N4O5. The number of carbonyl (C=O) groups is 2. The summed E-state index contributed by atoms with van der Waals surface area (Å²) in [7, 11) is 1.59. The molecule has 2 amide bonds. The highest BCUT2D eigenvalue weighted by Gasteiger charge is 2.45. The van der Waals surface area contributed by atoms with E-state index in [9.17, 15) is 19.5 Å². The van der Waals surface area contributed by atoms with E-state index in [1.54, 1.807) is 20.9 Å². The van der Waals surface area contributed by atoms with Crippen molar-refractivity contribution in [2.45, 2.75) is 19.4 Å². The number of carbonyl (C=O) groups excluding carboxylic acids is 2. The lowest BCUT2D eigenvalue weighted by molar-refractivity contribution is -0.0774. The van der Waals surface area contributed by atoms with Crippen molar-refractivity contribution in [2.24, 2.45) is 7.05 Å². The van der Waals surface area contributed by atoms with E-state index in [2.05, 4.69) is 10.3 Å². The second kappa shape index (κ2) is 6.41. The number of nitrogens with one attached hydrogen (secondary N) is 1. The maximum Gasteiger partial charge on any atom is 0.276 e. The number of nitrogens with zero attached hydrogens (tertiary/aromatic N) is 3. The van der Waals surface area contributed by atoms with Crippen molar-refractivity contribution in [3.63, 3.8) is 0 Å². The third kappa shape index (κ3) is 3.38. The lowest BCUT2D eigenvalue weighted by atomic mass is 9.93. The van der Waals surface area contributed by atoms with Crippen LogP contribution >= 0.6 is 0 Å². The molecule has 2 aromatic heterocycles. The summed E-state index contributed by atoms with van der Waals surface area (Å²) in [5, 5.41) is 13.0. The van der Waals surface area contributed by atoms with Gasteiger partial charge in [-0.1, -0.05) is 0 Å². The molecule has 0 aromatic carbocycles. The number of β-amino-alcohol motifs (C(OH)–C–C–N with tert-alkyl or cyclic N) is 1. The van der Waals surface area contributed by atoms with Gasteiger partial charge in [-0.05, 0) is 13.0 Å². The minimum absolute atomic E-state index is 0.0261. The summed E-state index contributed by atoms with van der Waals surface area (Å²) in [6, 6.07) is 2.75. The van der Waals surface area contributed by atoms with Crippen LogP contribution in [0, 0.1) is 13.8 Å². The van der Waals surface area contributed by atoms with Crippen molar-refractivity contribution < 1.29 is 19.1 Å². The highest BCUT2D eigenvalue weighted by atomic mass is 16.4. The first-order valence-corrected chi connectivity index (χ1v) is 8.09. The summed E-state index contributed by atoms with van der Waals surface area (Å²) in [6.45, 7) is 3.44. The minimum atomic E-state index is -1.21. The predicted molar refractivity (Wildman–Crippen MR) is 90.8 cm³/mol. The Kier molecular flexibility index (Phi) is 4.41. The quantitative estimate of drug-likeness (QED) is 0.767. The molecule has 9 heteroatoms. The second-order valence-electron chi connectivity index (χ2n) is 6.57. The highest BCUT2D eigenvalue weighted by Crippen LogP contribution is 2.23. The van der Waals surface area contributed by atoms with Crippen LogP contribution in [0.3, 0.4) is 0 Å². The van der Waals surface area contributed by atoms with E-state index in [4.69, 9.17) is 4.42 Å². The van der Waals surface area contributed by atoms with Crippen LogP contribution in [0.1, 0.15) is 32.5 Å². The van der Waals surface area contributed by atoms with Crippen LogP contribution in [0.25, 0.3) is 0 Å². The molecule has 3 heterocycles. The number of pyridine rings is 1. The summed E-state index contributed by atoms with van der Waals surface area (Å²) in [4.78, 5) is 41.5. The van der Waals surface area contributed by atoms with Crippen LogP contribution in [0.15, 0.2) is 27.5 Å². The van der Waals surface area contributed by atoms with E-state index in [1.807, 2.05) is 0 Å². The molecule has 1 aliphatic heterocycles. The molecule has 0 aliphatic carbocycles. The Morgan fingerprint density at radius 2 is 2.08 bits per heavy atom.